The van der Waals surface area contributed by atoms with Gasteiger partial charge in [0, 0.05) is 41.6 Å². The summed E-state index contributed by atoms with van der Waals surface area (Å²) in [4.78, 5) is 0. The first kappa shape index (κ1) is 29.2. The molecule has 1 fully saturated rings. The molecule has 1 aliphatic heterocycles. The van der Waals surface area contributed by atoms with E-state index in [2.05, 4.69) is 38.4 Å². The van der Waals surface area contributed by atoms with Crippen molar-refractivity contribution in [2.75, 3.05) is 36.9 Å². The standard InChI is InChI=1S/C29H34F3N5O3S/c1-19-15-28(35-40-19)36-41-22-8-9-25(27(17-22)38-2)33-12-4-5-21-16-23-24(34-20-10-13-39-14-11-20)6-3-7-26(23)37(21)18-29(30,31)32/h3,6-7,15-17,20,22,25,33-34H,8-14,18H2,1-2H3,(H,35,36). The molecule has 1 saturated heterocycles. The maximum atomic E-state index is 13.6. The topological polar surface area (TPSA) is 85.5 Å². The Balaban J connectivity index is 1.27. The molecule has 0 spiro atoms. The van der Waals surface area contributed by atoms with E-state index in [1.807, 2.05) is 19.1 Å². The first-order valence-corrected chi connectivity index (χ1v) is 14.5. The van der Waals surface area contributed by atoms with Gasteiger partial charge in [0.15, 0.2) is 5.82 Å². The smallest absolute Gasteiger partial charge is 0.406 e. The number of halogens is 3. The second kappa shape index (κ2) is 13.1. The minimum absolute atomic E-state index is 0.0308. The number of methoxy groups -OCH3 is 1. The number of hydrogen-bond acceptors (Lipinski definition) is 8. The number of rotatable bonds is 9. The van der Waals surface area contributed by atoms with Crippen LogP contribution in [0.15, 0.2) is 46.7 Å². The predicted molar refractivity (Wildman–Crippen MR) is 155 cm³/mol. The van der Waals surface area contributed by atoms with Gasteiger partial charge in [0.2, 0.25) is 0 Å². The number of alkyl halides is 3. The highest BCUT2D eigenvalue weighted by atomic mass is 32.2. The molecule has 41 heavy (non-hydrogen) atoms. The van der Waals surface area contributed by atoms with E-state index in [1.165, 1.54) is 16.5 Å². The van der Waals surface area contributed by atoms with Crippen LogP contribution in [0.25, 0.3) is 10.9 Å². The van der Waals surface area contributed by atoms with Crippen LogP contribution in [0, 0.1) is 18.8 Å². The molecule has 8 nitrogen and oxygen atoms in total. The van der Waals surface area contributed by atoms with E-state index in [0.717, 1.165) is 48.3 Å². The van der Waals surface area contributed by atoms with Gasteiger partial charge in [-0.25, -0.2) is 0 Å². The maximum absolute atomic E-state index is 13.6. The highest BCUT2D eigenvalue weighted by molar-refractivity contribution is 8.01. The average molecular weight is 590 g/mol. The van der Waals surface area contributed by atoms with E-state index in [9.17, 15) is 13.2 Å². The van der Waals surface area contributed by atoms with Gasteiger partial charge in [0.05, 0.1) is 30.9 Å². The molecule has 2 aliphatic rings. The van der Waals surface area contributed by atoms with Crippen molar-refractivity contribution in [1.29, 1.82) is 0 Å². The van der Waals surface area contributed by atoms with Crippen LogP contribution >= 0.6 is 11.9 Å². The highest BCUT2D eigenvalue weighted by Crippen LogP contribution is 2.32. The summed E-state index contributed by atoms with van der Waals surface area (Å²) in [6, 6.07) is 9.17. The Labute approximate surface area is 241 Å². The first-order chi connectivity index (χ1) is 19.8. The summed E-state index contributed by atoms with van der Waals surface area (Å²) in [5.41, 5.74) is 1.65. The number of fused-ring (bicyclic) bond motifs is 1. The number of nitrogens with one attached hydrogen (secondary N) is 3. The van der Waals surface area contributed by atoms with Gasteiger partial charge in [0.25, 0.3) is 0 Å². The fourth-order valence-corrected chi connectivity index (χ4v) is 5.97. The zero-order chi connectivity index (χ0) is 28.8. The van der Waals surface area contributed by atoms with Crippen molar-refractivity contribution in [2.24, 2.45) is 0 Å². The number of anilines is 2. The second-order valence-corrected chi connectivity index (χ2v) is 11.2. The van der Waals surface area contributed by atoms with Crippen LogP contribution in [-0.2, 0) is 16.0 Å². The minimum Gasteiger partial charge on any atom is -0.500 e. The summed E-state index contributed by atoms with van der Waals surface area (Å²) < 4.78 is 61.3. The van der Waals surface area contributed by atoms with Crippen molar-refractivity contribution in [3.8, 4) is 11.8 Å². The third-order valence-corrected chi connectivity index (χ3v) is 8.13. The monoisotopic (exact) mass is 589 g/mol. The number of hydrogen-bond donors (Lipinski definition) is 3. The summed E-state index contributed by atoms with van der Waals surface area (Å²) >= 11 is 1.54. The molecule has 0 bridgehead atoms. The molecule has 0 saturated carbocycles. The zero-order valence-corrected chi connectivity index (χ0v) is 23.8. The molecule has 0 amide bonds. The number of aryl methyl sites for hydroxylation is 1. The largest absolute Gasteiger partial charge is 0.500 e. The lowest BCUT2D eigenvalue weighted by atomic mass is 10.0. The fourth-order valence-electron chi connectivity index (χ4n) is 5.15. The van der Waals surface area contributed by atoms with Crippen LogP contribution in [0.5, 0.6) is 0 Å². The summed E-state index contributed by atoms with van der Waals surface area (Å²) in [5.74, 6) is 8.24. The average Bonchev–Trinajstić information content (AvgIpc) is 3.53. The molecule has 220 valence electrons. The molecule has 2 atom stereocenters. The van der Waals surface area contributed by atoms with Crippen molar-refractivity contribution < 1.29 is 27.2 Å². The normalized spacial score (nSPS) is 19.9. The number of nitrogens with zero attached hydrogens (tertiary/aromatic N) is 2. The molecule has 2 unspecified atom stereocenters. The molecule has 0 radical (unpaired) electrons. The Morgan fingerprint density at radius 1 is 1.17 bits per heavy atom. The van der Waals surface area contributed by atoms with Crippen LogP contribution in [0.3, 0.4) is 0 Å². The molecular formula is C29H34F3N5O3S. The zero-order valence-electron chi connectivity index (χ0n) is 23.0. The van der Waals surface area contributed by atoms with E-state index in [0.29, 0.717) is 36.8 Å². The summed E-state index contributed by atoms with van der Waals surface area (Å²) in [6.07, 6.45) is 1.13. The Kier molecular flexibility index (Phi) is 9.37. The second-order valence-electron chi connectivity index (χ2n) is 10.2. The van der Waals surface area contributed by atoms with E-state index in [1.54, 1.807) is 25.3 Å². The van der Waals surface area contributed by atoms with Gasteiger partial charge in [-0.3, -0.25) is 5.32 Å². The van der Waals surface area contributed by atoms with Gasteiger partial charge in [0.1, 0.15) is 18.1 Å². The Bertz CT molecular complexity index is 1420. The lowest BCUT2D eigenvalue weighted by Crippen LogP contribution is -2.35. The fraction of sp³-hybridized carbons (Fsp3) is 0.483. The van der Waals surface area contributed by atoms with Crippen LogP contribution in [0.1, 0.15) is 37.1 Å². The van der Waals surface area contributed by atoms with E-state index >= 15 is 0 Å². The SMILES string of the molecule is COC1=CC(SNc2cc(C)on2)CCC1NCC#Cc1cc2c(NC3CCOCC3)cccc2n1CC(F)(F)F. The van der Waals surface area contributed by atoms with E-state index < -0.39 is 12.7 Å². The van der Waals surface area contributed by atoms with E-state index in [4.69, 9.17) is 14.0 Å². The summed E-state index contributed by atoms with van der Waals surface area (Å²) in [7, 11) is 1.63. The number of aromatic nitrogens is 2. The van der Waals surface area contributed by atoms with E-state index in [-0.39, 0.29) is 17.3 Å². The highest BCUT2D eigenvalue weighted by Gasteiger charge is 2.30. The predicted octanol–water partition coefficient (Wildman–Crippen LogP) is 5.85. The number of benzene rings is 1. The molecular weight excluding hydrogens is 555 g/mol. The Hall–Kier alpha value is -3.27. The molecule has 1 aromatic carbocycles. The van der Waals surface area contributed by atoms with Crippen molar-refractivity contribution in [3.05, 3.63) is 53.6 Å². The molecule has 1 aliphatic carbocycles. The van der Waals surface area contributed by atoms with Crippen molar-refractivity contribution in [3.63, 3.8) is 0 Å². The van der Waals surface area contributed by atoms with Gasteiger partial charge >= 0.3 is 6.18 Å². The van der Waals surface area contributed by atoms with Crippen LogP contribution in [0.2, 0.25) is 0 Å². The minimum atomic E-state index is -4.37. The quantitative estimate of drug-likeness (QED) is 0.212. The Morgan fingerprint density at radius 2 is 2.00 bits per heavy atom. The lowest BCUT2D eigenvalue weighted by Gasteiger charge is -2.27. The van der Waals surface area contributed by atoms with Gasteiger partial charge in [-0.2, -0.15) is 13.2 Å². The van der Waals surface area contributed by atoms with Crippen LogP contribution in [-0.4, -0.2) is 60.1 Å². The van der Waals surface area contributed by atoms with Crippen molar-refractivity contribution in [1.82, 2.24) is 15.0 Å². The first-order valence-electron chi connectivity index (χ1n) is 13.7. The van der Waals surface area contributed by atoms with Crippen LogP contribution < -0.4 is 15.4 Å². The van der Waals surface area contributed by atoms with Gasteiger partial charge in [-0.05, 0) is 74.8 Å². The van der Waals surface area contributed by atoms with Gasteiger partial charge < -0.3 is 28.6 Å². The molecule has 3 aromatic rings. The number of ether oxygens (including phenoxy) is 2. The summed E-state index contributed by atoms with van der Waals surface area (Å²) in [6.45, 7) is 2.39. The molecule has 3 N–H and O–H groups in total. The van der Waals surface area contributed by atoms with Gasteiger partial charge in [-0.1, -0.05) is 17.1 Å². The summed E-state index contributed by atoms with van der Waals surface area (Å²) in [5, 5.41) is 11.7. The lowest BCUT2D eigenvalue weighted by molar-refractivity contribution is -0.140. The van der Waals surface area contributed by atoms with Crippen LogP contribution in [0.4, 0.5) is 24.7 Å². The Morgan fingerprint density at radius 3 is 2.73 bits per heavy atom. The third kappa shape index (κ3) is 7.72. The van der Waals surface area contributed by atoms with Crippen molar-refractivity contribution >= 4 is 34.4 Å². The van der Waals surface area contributed by atoms with Gasteiger partial charge in [-0.15, -0.1) is 0 Å². The maximum Gasteiger partial charge on any atom is 0.406 e. The molecule has 2 aromatic heterocycles. The molecule has 5 rings (SSSR count). The third-order valence-electron chi connectivity index (χ3n) is 7.13. The molecule has 12 heteroatoms. The van der Waals surface area contributed by atoms with Crippen molar-refractivity contribution in [2.45, 2.75) is 62.7 Å². The molecule has 3 heterocycles.